The summed E-state index contributed by atoms with van der Waals surface area (Å²) < 4.78 is 72.7. The highest BCUT2D eigenvalue weighted by atomic mass is 32.5. The van der Waals surface area contributed by atoms with Crippen molar-refractivity contribution in [3.05, 3.63) is 48.5 Å². The molecule has 40 heavy (non-hydrogen) atoms. The van der Waals surface area contributed by atoms with Crippen molar-refractivity contribution in [1.82, 2.24) is 25.1 Å². The van der Waals surface area contributed by atoms with Crippen molar-refractivity contribution in [3.8, 4) is 0 Å². The second-order valence-electron chi connectivity index (χ2n) is 9.90. The number of hydrogen-bond donors (Lipinski definition) is 1. The molecule has 3 heterocycles. The van der Waals surface area contributed by atoms with Crippen LogP contribution in [0.2, 0.25) is 0 Å². The topological polar surface area (TPSA) is 108 Å². The van der Waals surface area contributed by atoms with Crippen LogP contribution in [0.15, 0.2) is 47.8 Å². The lowest BCUT2D eigenvalue weighted by molar-refractivity contribution is -0.148. The first kappa shape index (κ1) is 29.6. The highest BCUT2D eigenvalue weighted by molar-refractivity contribution is 8.45. The second kappa shape index (κ2) is 9.62. The fourth-order valence-electron chi connectivity index (χ4n) is 4.79. The number of aromatic nitrogens is 2. The third-order valence-electron chi connectivity index (χ3n) is 7.15. The molecule has 2 saturated heterocycles. The quantitative estimate of drug-likeness (QED) is 0.493. The van der Waals surface area contributed by atoms with E-state index < -0.39 is 38.5 Å². The normalized spacial score (nSPS) is 23.2. The van der Waals surface area contributed by atoms with Gasteiger partial charge in [0, 0.05) is 51.9 Å². The Kier molecular flexibility index (Phi) is 7.12. The van der Waals surface area contributed by atoms with Crippen LogP contribution in [0.3, 0.4) is 0 Å². The first-order chi connectivity index (χ1) is 18.4. The average Bonchev–Trinajstić information content (AvgIpc) is 3.39. The zero-order chi connectivity index (χ0) is 29.6. The molecule has 2 aliphatic rings. The third-order valence-corrected chi connectivity index (χ3v) is 8.32. The molecule has 1 unspecified atom stereocenters. The average molecular weight is 593 g/mol. The lowest BCUT2D eigenvalue weighted by atomic mass is 9.90. The van der Waals surface area contributed by atoms with Gasteiger partial charge in [0.15, 0.2) is 5.54 Å². The summed E-state index contributed by atoms with van der Waals surface area (Å²) in [7, 11) is -7.00. The second-order valence-corrected chi connectivity index (χ2v) is 12.3. The van der Waals surface area contributed by atoms with Gasteiger partial charge in [-0.2, -0.15) is 0 Å². The lowest BCUT2D eigenvalue weighted by Gasteiger charge is -2.45. The summed E-state index contributed by atoms with van der Waals surface area (Å²) >= 11 is 0. The minimum Gasteiger partial charge on any atom is -0.380 e. The fraction of sp³-hybridized carbons (Fsp3) is 0.458. The van der Waals surface area contributed by atoms with Gasteiger partial charge in [-0.15, -0.1) is 0 Å². The van der Waals surface area contributed by atoms with Gasteiger partial charge < -0.3 is 19.9 Å². The van der Waals surface area contributed by atoms with Crippen molar-refractivity contribution in [2.24, 2.45) is 0 Å². The van der Waals surface area contributed by atoms with Crippen molar-refractivity contribution < 1.29 is 38.5 Å². The van der Waals surface area contributed by atoms with Gasteiger partial charge in [0.25, 0.3) is 5.91 Å². The van der Waals surface area contributed by atoms with E-state index in [9.17, 15) is 33.8 Å². The van der Waals surface area contributed by atoms with Crippen LogP contribution in [0.4, 0.5) is 25.1 Å². The molecular weight excluding hydrogens is 563 g/mol. The number of carbonyl (C=O) groups excluding carboxylic acids is 3. The number of rotatable bonds is 7. The van der Waals surface area contributed by atoms with E-state index >= 15 is 0 Å². The number of methoxy groups -OCH3 is 1. The van der Waals surface area contributed by atoms with Gasteiger partial charge in [0.2, 0.25) is 11.8 Å². The molecule has 2 aromatic rings. The van der Waals surface area contributed by atoms with E-state index in [-0.39, 0.29) is 68.1 Å². The number of amides is 3. The van der Waals surface area contributed by atoms with E-state index in [0.717, 1.165) is 4.90 Å². The summed E-state index contributed by atoms with van der Waals surface area (Å²) in [6.45, 7) is 1.61. The Morgan fingerprint density at radius 2 is 1.80 bits per heavy atom. The van der Waals surface area contributed by atoms with Crippen LogP contribution in [0.25, 0.3) is 0 Å². The lowest BCUT2D eigenvalue weighted by Crippen LogP contribution is -2.63. The fourth-order valence-corrected chi connectivity index (χ4v) is 5.45. The molecule has 0 aliphatic carbocycles. The number of nitrogens with zero attached hydrogens (tertiary/aromatic N) is 5. The van der Waals surface area contributed by atoms with Gasteiger partial charge in [0.05, 0.1) is 30.6 Å². The number of carbonyl (C=O) groups is 3. The van der Waals surface area contributed by atoms with Gasteiger partial charge in [0.1, 0.15) is 4.90 Å². The number of piperazine rings is 1. The van der Waals surface area contributed by atoms with E-state index in [0.29, 0.717) is 12.1 Å². The number of ether oxygens (including phenoxy) is 1. The summed E-state index contributed by atoms with van der Waals surface area (Å²) in [4.78, 5) is 50.4. The summed E-state index contributed by atoms with van der Waals surface area (Å²) in [6, 6.07) is 0.852. The largest absolute Gasteiger partial charge is 0.380 e. The number of hydrogen-bond acceptors (Lipinski definition) is 7. The van der Waals surface area contributed by atoms with Gasteiger partial charge in [-0.05, 0) is 37.6 Å². The Hall–Kier alpha value is -3.37. The Morgan fingerprint density at radius 3 is 2.33 bits per heavy atom. The molecule has 220 valence electrons. The molecule has 1 aromatic heterocycles. The molecule has 0 spiro atoms. The predicted molar refractivity (Wildman–Crippen MR) is 136 cm³/mol. The van der Waals surface area contributed by atoms with Crippen LogP contribution >= 0.6 is 10.2 Å². The van der Waals surface area contributed by atoms with Crippen LogP contribution in [-0.4, -0.2) is 90.0 Å². The highest BCUT2D eigenvalue weighted by Crippen LogP contribution is 3.02. The third kappa shape index (κ3) is 5.74. The highest BCUT2D eigenvalue weighted by Gasteiger charge is 2.65. The maximum atomic E-state index is 14.2. The molecule has 0 bridgehead atoms. The minimum atomic E-state index is -10.0. The molecule has 4 rings (SSSR count). The SMILES string of the molecule is CO[C@H]1CN[C@@H](C(=O)N(c2ccc(S(F)(F)(F)(F)F)cc2)C(C)(C(=O)N2CCN(C)C(=O)C2)c2cnccn2)C1. The van der Waals surface area contributed by atoms with Gasteiger partial charge in [-0.25, -0.2) is 0 Å². The zero-order valence-corrected chi connectivity index (χ0v) is 22.7. The predicted octanol–water partition coefficient (Wildman–Crippen LogP) is 3.06. The molecule has 16 heteroatoms. The summed E-state index contributed by atoms with van der Waals surface area (Å²) in [5, 5.41) is 2.98. The van der Waals surface area contributed by atoms with E-state index in [1.165, 1.54) is 42.4 Å². The molecule has 2 aliphatic heterocycles. The monoisotopic (exact) mass is 592 g/mol. The first-order valence-electron chi connectivity index (χ1n) is 12.2. The van der Waals surface area contributed by atoms with Crippen molar-refractivity contribution in [1.29, 1.82) is 0 Å². The van der Waals surface area contributed by atoms with Crippen LogP contribution in [0, 0.1) is 0 Å². The van der Waals surface area contributed by atoms with Crippen LogP contribution < -0.4 is 10.2 Å². The molecule has 0 saturated carbocycles. The summed E-state index contributed by atoms with van der Waals surface area (Å²) in [5.41, 5.74) is -2.34. The van der Waals surface area contributed by atoms with Gasteiger partial charge in [-0.1, -0.05) is 19.4 Å². The van der Waals surface area contributed by atoms with Crippen molar-refractivity contribution in [3.63, 3.8) is 0 Å². The first-order valence-corrected chi connectivity index (χ1v) is 14.1. The summed E-state index contributed by atoms with van der Waals surface area (Å²) in [5.74, 6) is -1.85. The Balaban J connectivity index is 1.88. The Morgan fingerprint density at radius 1 is 1.12 bits per heavy atom. The van der Waals surface area contributed by atoms with Crippen molar-refractivity contribution in [2.75, 3.05) is 45.2 Å². The maximum Gasteiger partial charge on any atom is 0.310 e. The smallest absolute Gasteiger partial charge is 0.310 e. The molecule has 2 fully saturated rings. The maximum absolute atomic E-state index is 14.2. The molecule has 0 radical (unpaired) electrons. The Labute approximate surface area is 227 Å². The van der Waals surface area contributed by atoms with E-state index in [2.05, 4.69) is 15.3 Å². The Bertz CT molecular complexity index is 1300. The van der Waals surface area contributed by atoms with Crippen LogP contribution in [0.5, 0.6) is 0 Å². The van der Waals surface area contributed by atoms with Crippen LogP contribution in [0.1, 0.15) is 19.0 Å². The minimum absolute atomic E-state index is 0.0437. The van der Waals surface area contributed by atoms with E-state index in [1.807, 2.05) is 0 Å². The van der Waals surface area contributed by atoms with Crippen LogP contribution in [-0.2, 0) is 24.7 Å². The van der Waals surface area contributed by atoms with Gasteiger partial charge in [-0.3, -0.25) is 29.3 Å². The molecule has 1 aromatic carbocycles. The molecule has 3 amide bonds. The number of nitrogens with one attached hydrogen (secondary N) is 1. The number of likely N-dealkylation sites (N-methyl/N-ethyl adjacent to an activating group) is 1. The number of halogens is 5. The molecule has 10 nitrogen and oxygen atoms in total. The van der Waals surface area contributed by atoms with Crippen molar-refractivity contribution >= 4 is 33.6 Å². The molecular formula is C24H29F5N6O4S. The van der Waals surface area contributed by atoms with Crippen molar-refractivity contribution in [2.45, 2.75) is 35.9 Å². The van der Waals surface area contributed by atoms with E-state index in [1.54, 1.807) is 7.05 Å². The molecule has 1 N–H and O–H groups in total. The number of benzene rings is 1. The molecule has 3 atom stereocenters. The van der Waals surface area contributed by atoms with E-state index in [4.69, 9.17) is 4.74 Å². The number of anilines is 1. The summed E-state index contributed by atoms with van der Waals surface area (Å²) in [6.07, 6.45) is 3.63. The van der Waals surface area contributed by atoms with Gasteiger partial charge >= 0.3 is 10.2 Å². The standard InChI is InChI=1S/C24H29F5N6O4S/c1-24(20-14-30-8-9-31-20,23(38)34-11-10-33(2)21(36)15-34)35(22(37)19-12-17(39-3)13-32-19)16-4-6-18(7-5-16)40(25,26,27,28)29/h4-9,14,17,19,32H,10-13,15H2,1-3H3/t17-,19-,24?/m1/s1. The zero-order valence-electron chi connectivity index (χ0n) is 21.9.